The SMILES string of the molecule is O=C1CC(I)NC(=O)N1. The number of rotatable bonds is 0. The first kappa shape index (κ1) is 6.79. The Balaban J connectivity index is 2.53. The van der Waals surface area contributed by atoms with Crippen LogP contribution in [0.15, 0.2) is 0 Å². The Labute approximate surface area is 65.5 Å². The van der Waals surface area contributed by atoms with Crippen LogP contribution in [-0.2, 0) is 4.79 Å². The van der Waals surface area contributed by atoms with Crippen LogP contribution in [-0.4, -0.2) is 16.0 Å². The average molecular weight is 240 g/mol. The molecule has 2 N–H and O–H groups in total. The van der Waals surface area contributed by atoms with E-state index in [9.17, 15) is 9.59 Å². The molecular weight excluding hydrogens is 235 g/mol. The standard InChI is InChI=1S/C4H5IN2O2/c5-2-1-3(8)7-4(9)6-2/h2H,1H2,(H2,6,7,8,9). The summed E-state index contributed by atoms with van der Waals surface area (Å²) in [6.07, 6.45) is 0.367. The van der Waals surface area contributed by atoms with Crippen molar-refractivity contribution in [3.63, 3.8) is 0 Å². The molecule has 5 heteroatoms. The summed E-state index contributed by atoms with van der Waals surface area (Å²) < 4.78 is -0.0520. The van der Waals surface area contributed by atoms with Crippen molar-refractivity contribution in [1.82, 2.24) is 10.6 Å². The highest BCUT2D eigenvalue weighted by Crippen LogP contribution is 2.04. The second-order valence-corrected chi connectivity index (χ2v) is 3.20. The van der Waals surface area contributed by atoms with Gasteiger partial charge in [0.25, 0.3) is 0 Å². The zero-order valence-electron chi connectivity index (χ0n) is 4.48. The largest absolute Gasteiger partial charge is 0.326 e. The number of carbonyl (C=O) groups is 2. The lowest BCUT2D eigenvalue weighted by Crippen LogP contribution is -2.49. The molecule has 0 bridgehead atoms. The predicted molar refractivity (Wildman–Crippen MR) is 39.1 cm³/mol. The van der Waals surface area contributed by atoms with E-state index in [1.807, 2.05) is 22.6 Å². The van der Waals surface area contributed by atoms with Gasteiger partial charge in [0.2, 0.25) is 5.91 Å². The summed E-state index contributed by atoms with van der Waals surface area (Å²) in [5.74, 6) is -0.210. The minimum absolute atomic E-state index is 0.0520. The van der Waals surface area contributed by atoms with Gasteiger partial charge in [-0.15, -0.1) is 0 Å². The van der Waals surface area contributed by atoms with Crippen LogP contribution in [0.5, 0.6) is 0 Å². The first-order valence-electron chi connectivity index (χ1n) is 2.43. The fourth-order valence-corrected chi connectivity index (χ4v) is 1.25. The molecular formula is C4H5IN2O2. The van der Waals surface area contributed by atoms with Gasteiger partial charge in [0.05, 0.1) is 10.5 Å². The zero-order chi connectivity index (χ0) is 6.85. The number of imide groups is 1. The van der Waals surface area contributed by atoms with E-state index in [-0.39, 0.29) is 9.96 Å². The number of hydrogen-bond donors (Lipinski definition) is 2. The van der Waals surface area contributed by atoms with Gasteiger partial charge in [0, 0.05) is 0 Å². The monoisotopic (exact) mass is 240 g/mol. The molecule has 1 heterocycles. The minimum atomic E-state index is -0.398. The maximum atomic E-state index is 10.5. The van der Waals surface area contributed by atoms with E-state index in [2.05, 4.69) is 10.6 Å². The van der Waals surface area contributed by atoms with Crippen molar-refractivity contribution in [2.45, 2.75) is 10.5 Å². The zero-order valence-corrected chi connectivity index (χ0v) is 6.64. The molecule has 9 heavy (non-hydrogen) atoms. The van der Waals surface area contributed by atoms with Crippen LogP contribution >= 0.6 is 22.6 Å². The molecule has 0 saturated carbocycles. The van der Waals surface area contributed by atoms with Crippen LogP contribution in [0.2, 0.25) is 0 Å². The molecule has 1 fully saturated rings. The number of hydrogen-bond acceptors (Lipinski definition) is 2. The molecule has 0 radical (unpaired) electrons. The summed E-state index contributed by atoms with van der Waals surface area (Å²) in [5, 5.41) is 4.64. The number of amides is 3. The van der Waals surface area contributed by atoms with E-state index >= 15 is 0 Å². The normalized spacial score (nSPS) is 27.0. The molecule has 4 nitrogen and oxygen atoms in total. The van der Waals surface area contributed by atoms with E-state index < -0.39 is 6.03 Å². The highest BCUT2D eigenvalue weighted by atomic mass is 127. The second-order valence-electron chi connectivity index (χ2n) is 1.69. The summed E-state index contributed by atoms with van der Waals surface area (Å²) >= 11 is 1.99. The summed E-state index contributed by atoms with van der Waals surface area (Å²) in [6, 6.07) is -0.398. The summed E-state index contributed by atoms with van der Waals surface area (Å²) in [5.41, 5.74) is 0. The van der Waals surface area contributed by atoms with Crippen LogP contribution in [0.4, 0.5) is 4.79 Å². The number of halogens is 1. The lowest BCUT2D eigenvalue weighted by molar-refractivity contribution is -0.120. The Kier molecular flexibility index (Phi) is 1.89. The predicted octanol–water partition coefficient (Wildman–Crippen LogP) is -0.0230. The van der Waals surface area contributed by atoms with Crippen molar-refractivity contribution in [3.05, 3.63) is 0 Å². The number of carbonyl (C=O) groups excluding carboxylic acids is 2. The maximum Gasteiger partial charge on any atom is 0.322 e. The van der Waals surface area contributed by atoms with Gasteiger partial charge >= 0.3 is 6.03 Å². The van der Waals surface area contributed by atoms with Gasteiger partial charge in [-0.2, -0.15) is 0 Å². The summed E-state index contributed by atoms with van der Waals surface area (Å²) in [6.45, 7) is 0. The topological polar surface area (TPSA) is 58.2 Å². The molecule has 1 saturated heterocycles. The molecule has 0 aromatic heterocycles. The Hall–Kier alpha value is -0.330. The highest BCUT2D eigenvalue weighted by Gasteiger charge is 2.20. The molecule has 1 aliphatic rings. The lowest BCUT2D eigenvalue weighted by atomic mass is 10.3. The smallest absolute Gasteiger partial charge is 0.322 e. The number of urea groups is 1. The van der Waals surface area contributed by atoms with E-state index in [0.29, 0.717) is 6.42 Å². The van der Waals surface area contributed by atoms with Gasteiger partial charge in [0.1, 0.15) is 0 Å². The third-order valence-electron chi connectivity index (χ3n) is 0.905. The van der Waals surface area contributed by atoms with Gasteiger partial charge in [-0.25, -0.2) is 4.79 Å². The maximum absolute atomic E-state index is 10.5. The quantitative estimate of drug-likeness (QED) is 0.355. The molecule has 1 unspecified atom stereocenters. The molecule has 1 aliphatic heterocycles. The van der Waals surface area contributed by atoms with Crippen molar-refractivity contribution in [3.8, 4) is 0 Å². The minimum Gasteiger partial charge on any atom is -0.326 e. The van der Waals surface area contributed by atoms with Crippen molar-refractivity contribution in [2.75, 3.05) is 0 Å². The fraction of sp³-hybridized carbons (Fsp3) is 0.500. The third kappa shape index (κ3) is 1.81. The molecule has 1 atom stereocenters. The number of alkyl halides is 1. The van der Waals surface area contributed by atoms with E-state index in [1.165, 1.54) is 0 Å². The molecule has 0 spiro atoms. The Morgan fingerprint density at radius 1 is 1.56 bits per heavy atom. The number of nitrogens with one attached hydrogen (secondary N) is 2. The van der Waals surface area contributed by atoms with Gasteiger partial charge in [-0.3, -0.25) is 10.1 Å². The Morgan fingerprint density at radius 3 is 2.67 bits per heavy atom. The Bertz CT molecular complexity index is 143. The first-order valence-corrected chi connectivity index (χ1v) is 3.67. The first-order chi connectivity index (χ1) is 4.18. The van der Waals surface area contributed by atoms with Gasteiger partial charge in [-0.1, -0.05) is 22.6 Å². The Morgan fingerprint density at radius 2 is 2.22 bits per heavy atom. The van der Waals surface area contributed by atoms with Crippen molar-refractivity contribution >= 4 is 34.5 Å². The third-order valence-corrected chi connectivity index (χ3v) is 1.66. The second kappa shape index (κ2) is 2.51. The van der Waals surface area contributed by atoms with Gasteiger partial charge in [0.15, 0.2) is 0 Å². The molecule has 1 rings (SSSR count). The van der Waals surface area contributed by atoms with E-state index in [4.69, 9.17) is 0 Å². The van der Waals surface area contributed by atoms with E-state index in [1.54, 1.807) is 0 Å². The van der Waals surface area contributed by atoms with Crippen LogP contribution in [0, 0.1) is 0 Å². The summed E-state index contributed by atoms with van der Waals surface area (Å²) in [4.78, 5) is 20.9. The summed E-state index contributed by atoms with van der Waals surface area (Å²) in [7, 11) is 0. The van der Waals surface area contributed by atoms with Crippen LogP contribution in [0.3, 0.4) is 0 Å². The van der Waals surface area contributed by atoms with Crippen LogP contribution < -0.4 is 10.6 Å². The molecule has 0 aliphatic carbocycles. The average Bonchev–Trinajstić information content (AvgIpc) is 1.59. The van der Waals surface area contributed by atoms with Crippen molar-refractivity contribution in [2.24, 2.45) is 0 Å². The highest BCUT2D eigenvalue weighted by molar-refractivity contribution is 14.1. The molecule has 0 aromatic carbocycles. The van der Waals surface area contributed by atoms with Gasteiger partial charge in [-0.05, 0) is 0 Å². The van der Waals surface area contributed by atoms with Crippen molar-refractivity contribution < 1.29 is 9.59 Å². The lowest BCUT2D eigenvalue weighted by Gasteiger charge is -2.17. The van der Waals surface area contributed by atoms with Crippen LogP contribution in [0.1, 0.15) is 6.42 Å². The fourth-order valence-electron chi connectivity index (χ4n) is 0.570. The molecule has 50 valence electrons. The van der Waals surface area contributed by atoms with Gasteiger partial charge < -0.3 is 5.32 Å². The molecule has 3 amide bonds. The van der Waals surface area contributed by atoms with Crippen LogP contribution in [0.25, 0.3) is 0 Å². The molecule has 0 aromatic rings. The van der Waals surface area contributed by atoms with E-state index in [0.717, 1.165) is 0 Å². The van der Waals surface area contributed by atoms with Crippen molar-refractivity contribution in [1.29, 1.82) is 0 Å².